The van der Waals surface area contributed by atoms with Crippen LogP contribution >= 0.6 is 0 Å². The fourth-order valence-corrected chi connectivity index (χ4v) is 3.16. The monoisotopic (exact) mass is 327 g/mol. The van der Waals surface area contributed by atoms with Crippen molar-refractivity contribution in [1.29, 1.82) is 0 Å². The van der Waals surface area contributed by atoms with E-state index in [0.29, 0.717) is 6.54 Å². The molecule has 24 heavy (non-hydrogen) atoms. The molecule has 1 aliphatic rings. The van der Waals surface area contributed by atoms with Crippen molar-refractivity contribution in [2.75, 3.05) is 25.0 Å². The van der Waals surface area contributed by atoms with Gasteiger partial charge < -0.3 is 14.5 Å². The second kappa shape index (κ2) is 6.30. The molecule has 1 aromatic carbocycles. The van der Waals surface area contributed by atoms with Crippen LogP contribution in [0.2, 0.25) is 0 Å². The summed E-state index contributed by atoms with van der Waals surface area (Å²) in [7, 11) is 2.10. The summed E-state index contributed by atoms with van der Waals surface area (Å²) < 4.78 is 5.49. The summed E-state index contributed by atoms with van der Waals surface area (Å²) in [6.07, 6.45) is 4.42. The van der Waals surface area contributed by atoms with Crippen molar-refractivity contribution in [3.05, 3.63) is 36.7 Å². The summed E-state index contributed by atoms with van der Waals surface area (Å²) in [6.45, 7) is 7.11. The molecule has 5 heteroatoms. The molecule has 2 heterocycles. The van der Waals surface area contributed by atoms with Gasteiger partial charge in [-0.15, -0.1) is 0 Å². The van der Waals surface area contributed by atoms with Gasteiger partial charge in [-0.3, -0.25) is 4.98 Å². The molecule has 1 aromatic heterocycles. The molecular formula is C19H25N3O2. The maximum Gasteiger partial charge on any atom is 0.410 e. The highest BCUT2D eigenvalue weighted by atomic mass is 16.6. The Balaban J connectivity index is 1.74. The minimum atomic E-state index is -0.455. The third kappa shape index (κ3) is 3.45. The molecule has 0 spiro atoms. The third-order valence-corrected chi connectivity index (χ3v) is 4.40. The Morgan fingerprint density at radius 3 is 2.88 bits per heavy atom. The number of nitrogens with zero attached hydrogens (tertiary/aromatic N) is 3. The van der Waals surface area contributed by atoms with Gasteiger partial charge in [-0.1, -0.05) is 12.1 Å². The van der Waals surface area contributed by atoms with Crippen molar-refractivity contribution < 1.29 is 9.53 Å². The lowest BCUT2D eigenvalue weighted by Gasteiger charge is -2.29. The van der Waals surface area contributed by atoms with Crippen LogP contribution in [0.4, 0.5) is 10.5 Å². The van der Waals surface area contributed by atoms with Crippen molar-refractivity contribution in [2.24, 2.45) is 0 Å². The van der Waals surface area contributed by atoms with E-state index in [2.05, 4.69) is 35.1 Å². The fourth-order valence-electron chi connectivity index (χ4n) is 3.16. The topological polar surface area (TPSA) is 45.7 Å². The molecular weight excluding hydrogens is 302 g/mol. The first kappa shape index (κ1) is 16.6. The number of carbonyl (C=O) groups excluding carboxylic acids is 1. The maximum absolute atomic E-state index is 12.3. The molecule has 0 bridgehead atoms. The molecule has 0 saturated carbocycles. The van der Waals surface area contributed by atoms with Gasteiger partial charge in [-0.05, 0) is 39.3 Å². The Kier molecular flexibility index (Phi) is 4.35. The molecule has 128 valence electrons. The van der Waals surface area contributed by atoms with E-state index < -0.39 is 5.60 Å². The zero-order valence-electron chi connectivity index (χ0n) is 14.8. The van der Waals surface area contributed by atoms with Gasteiger partial charge in [0.15, 0.2) is 0 Å². The number of hydrogen-bond donors (Lipinski definition) is 0. The number of likely N-dealkylation sites (N-methyl/N-ethyl adjacent to an activating group) is 1. The molecule has 0 aliphatic carbocycles. The number of ether oxygens (including phenoxy) is 1. The van der Waals surface area contributed by atoms with Gasteiger partial charge in [0.05, 0.1) is 0 Å². The largest absolute Gasteiger partial charge is 0.444 e. The number of pyridine rings is 1. The van der Waals surface area contributed by atoms with Crippen LogP contribution in [-0.2, 0) is 4.74 Å². The van der Waals surface area contributed by atoms with E-state index in [1.807, 2.05) is 39.2 Å². The van der Waals surface area contributed by atoms with Gasteiger partial charge in [0.1, 0.15) is 5.60 Å². The predicted octanol–water partition coefficient (Wildman–Crippen LogP) is 3.68. The van der Waals surface area contributed by atoms with Crippen LogP contribution in [0.15, 0.2) is 36.7 Å². The van der Waals surface area contributed by atoms with Crippen molar-refractivity contribution in [2.45, 2.75) is 38.8 Å². The quantitative estimate of drug-likeness (QED) is 0.844. The summed E-state index contributed by atoms with van der Waals surface area (Å²) in [6, 6.07) is 8.58. The standard InChI is InChI=1S/C19H25N3O2/c1-19(2,3)24-18(23)22-11-9-15(13-22)21(4)17-7-5-6-14-12-20-10-8-16(14)17/h5-8,10,12,15H,9,11,13H2,1-4H3. The summed E-state index contributed by atoms with van der Waals surface area (Å²) in [5, 5.41) is 2.31. The van der Waals surface area contributed by atoms with Crippen LogP contribution in [0, 0.1) is 0 Å². The van der Waals surface area contributed by atoms with Crippen molar-refractivity contribution in [1.82, 2.24) is 9.88 Å². The number of amides is 1. The van der Waals surface area contributed by atoms with E-state index in [1.54, 1.807) is 4.90 Å². The zero-order chi connectivity index (χ0) is 17.3. The molecule has 2 aromatic rings. The predicted molar refractivity (Wildman–Crippen MR) is 96.4 cm³/mol. The first-order valence-electron chi connectivity index (χ1n) is 8.39. The van der Waals surface area contributed by atoms with E-state index in [4.69, 9.17) is 4.74 Å². The number of likely N-dealkylation sites (tertiary alicyclic amines) is 1. The molecule has 1 saturated heterocycles. The average Bonchev–Trinajstić information content (AvgIpc) is 3.02. The number of fused-ring (bicyclic) bond motifs is 1. The lowest BCUT2D eigenvalue weighted by Crippen LogP contribution is -2.39. The van der Waals surface area contributed by atoms with E-state index in [0.717, 1.165) is 18.4 Å². The van der Waals surface area contributed by atoms with Crippen molar-refractivity contribution in [3.63, 3.8) is 0 Å². The van der Waals surface area contributed by atoms with E-state index in [-0.39, 0.29) is 12.1 Å². The van der Waals surface area contributed by atoms with Gasteiger partial charge in [0.25, 0.3) is 0 Å². The Morgan fingerprint density at radius 2 is 2.12 bits per heavy atom. The number of rotatable bonds is 2. The average molecular weight is 327 g/mol. The number of carbonyl (C=O) groups is 1. The molecule has 5 nitrogen and oxygen atoms in total. The number of anilines is 1. The SMILES string of the molecule is CN(c1cccc2cnccc12)C1CCN(C(=O)OC(C)(C)C)C1. The molecule has 1 unspecified atom stereocenters. The van der Waals surface area contributed by atoms with Crippen LogP contribution in [0.25, 0.3) is 10.8 Å². The molecule has 1 aliphatic heterocycles. The summed E-state index contributed by atoms with van der Waals surface area (Å²) >= 11 is 0. The minimum absolute atomic E-state index is 0.222. The summed E-state index contributed by atoms with van der Waals surface area (Å²) in [5.74, 6) is 0. The van der Waals surface area contributed by atoms with Gasteiger partial charge in [0.2, 0.25) is 0 Å². The highest BCUT2D eigenvalue weighted by molar-refractivity contribution is 5.93. The second-order valence-electron chi connectivity index (χ2n) is 7.35. The Hall–Kier alpha value is -2.30. The van der Waals surface area contributed by atoms with Crippen LogP contribution in [0.1, 0.15) is 27.2 Å². The molecule has 1 atom stereocenters. The van der Waals surface area contributed by atoms with Gasteiger partial charge >= 0.3 is 6.09 Å². The number of benzene rings is 1. The van der Waals surface area contributed by atoms with E-state index in [9.17, 15) is 4.79 Å². The normalized spacial score (nSPS) is 18.0. The Bertz CT molecular complexity index is 733. The van der Waals surface area contributed by atoms with Gasteiger partial charge in [-0.2, -0.15) is 0 Å². The lowest BCUT2D eigenvalue weighted by atomic mass is 10.1. The van der Waals surface area contributed by atoms with Crippen molar-refractivity contribution in [3.8, 4) is 0 Å². The van der Waals surface area contributed by atoms with Crippen LogP contribution in [0.3, 0.4) is 0 Å². The molecule has 3 rings (SSSR count). The van der Waals surface area contributed by atoms with Gasteiger partial charge in [0, 0.05) is 55.0 Å². The highest BCUT2D eigenvalue weighted by Gasteiger charge is 2.32. The molecule has 0 radical (unpaired) electrons. The molecule has 0 N–H and O–H groups in total. The number of hydrogen-bond acceptors (Lipinski definition) is 4. The summed E-state index contributed by atoms with van der Waals surface area (Å²) in [5.41, 5.74) is 0.718. The van der Waals surface area contributed by atoms with E-state index >= 15 is 0 Å². The lowest BCUT2D eigenvalue weighted by molar-refractivity contribution is 0.0292. The number of aromatic nitrogens is 1. The Labute approximate surface area is 143 Å². The minimum Gasteiger partial charge on any atom is -0.444 e. The smallest absolute Gasteiger partial charge is 0.410 e. The fraction of sp³-hybridized carbons (Fsp3) is 0.474. The first-order valence-corrected chi connectivity index (χ1v) is 8.39. The third-order valence-electron chi connectivity index (χ3n) is 4.40. The van der Waals surface area contributed by atoms with Crippen molar-refractivity contribution >= 4 is 22.6 Å². The van der Waals surface area contributed by atoms with Crippen LogP contribution in [0.5, 0.6) is 0 Å². The molecule has 1 fully saturated rings. The van der Waals surface area contributed by atoms with E-state index in [1.165, 1.54) is 11.1 Å². The van der Waals surface area contributed by atoms with Gasteiger partial charge in [-0.25, -0.2) is 4.79 Å². The maximum atomic E-state index is 12.3. The summed E-state index contributed by atoms with van der Waals surface area (Å²) in [4.78, 5) is 20.5. The molecule has 1 amide bonds. The highest BCUT2D eigenvalue weighted by Crippen LogP contribution is 2.29. The first-order chi connectivity index (χ1) is 11.3. The second-order valence-corrected chi connectivity index (χ2v) is 7.35. The zero-order valence-corrected chi connectivity index (χ0v) is 14.8. The van der Waals surface area contributed by atoms with Crippen LogP contribution in [-0.4, -0.2) is 47.8 Å². The van der Waals surface area contributed by atoms with Crippen LogP contribution < -0.4 is 4.90 Å². The Morgan fingerprint density at radius 1 is 1.33 bits per heavy atom.